The second kappa shape index (κ2) is 7.03. The molecular formula is C7H13Cl. The summed E-state index contributed by atoms with van der Waals surface area (Å²) in [6, 6.07) is 0. The zero-order valence-corrected chi connectivity index (χ0v) is 6.12. The maximum absolute atomic E-state index is 5.43. The number of halogens is 1. The number of alkyl halides is 1. The zero-order valence-electron chi connectivity index (χ0n) is 5.36. The van der Waals surface area contributed by atoms with Crippen LogP contribution in [-0.2, 0) is 0 Å². The third-order valence-corrected chi connectivity index (χ3v) is 1.12. The van der Waals surface area contributed by atoms with Gasteiger partial charge in [0.15, 0.2) is 0 Å². The van der Waals surface area contributed by atoms with Crippen molar-refractivity contribution in [1.29, 1.82) is 0 Å². The van der Waals surface area contributed by atoms with E-state index in [4.69, 9.17) is 11.6 Å². The second-order valence-electron chi connectivity index (χ2n) is 1.74. The van der Waals surface area contributed by atoms with Crippen molar-refractivity contribution in [3.05, 3.63) is 12.2 Å². The first-order valence-corrected chi connectivity index (χ1v) is 3.66. The fraction of sp³-hybridized carbons (Fsp3) is 0.714. The molecule has 0 saturated carbocycles. The smallest absolute Gasteiger partial charge is 0.0257 e. The van der Waals surface area contributed by atoms with Crippen LogP contribution in [-0.4, -0.2) is 5.88 Å². The molecule has 0 unspecified atom stereocenters. The van der Waals surface area contributed by atoms with Crippen molar-refractivity contribution >= 4 is 11.6 Å². The van der Waals surface area contributed by atoms with E-state index in [1.807, 2.05) is 0 Å². The average molecular weight is 133 g/mol. The summed E-state index contributed by atoms with van der Waals surface area (Å²) in [4.78, 5) is 0. The normalized spacial score (nSPS) is 10.8. The van der Waals surface area contributed by atoms with E-state index in [0.717, 1.165) is 12.3 Å². The second-order valence-corrected chi connectivity index (χ2v) is 2.12. The molecule has 0 aromatic carbocycles. The highest BCUT2D eigenvalue weighted by Gasteiger charge is 1.73. The monoisotopic (exact) mass is 132 g/mol. The molecule has 0 radical (unpaired) electrons. The number of hydrogen-bond acceptors (Lipinski definition) is 0. The van der Waals surface area contributed by atoms with Gasteiger partial charge in [0.2, 0.25) is 0 Å². The Balaban J connectivity index is 2.83. The number of hydrogen-bond donors (Lipinski definition) is 0. The van der Waals surface area contributed by atoms with E-state index < -0.39 is 0 Å². The summed E-state index contributed by atoms with van der Waals surface area (Å²) in [7, 11) is 0. The van der Waals surface area contributed by atoms with Crippen LogP contribution in [0.25, 0.3) is 0 Å². The first-order valence-electron chi connectivity index (χ1n) is 3.12. The van der Waals surface area contributed by atoms with Crippen molar-refractivity contribution < 1.29 is 0 Å². The molecule has 0 spiro atoms. The van der Waals surface area contributed by atoms with Crippen LogP contribution in [0.15, 0.2) is 12.2 Å². The van der Waals surface area contributed by atoms with E-state index >= 15 is 0 Å². The van der Waals surface area contributed by atoms with Crippen LogP contribution in [0.3, 0.4) is 0 Å². The van der Waals surface area contributed by atoms with Crippen molar-refractivity contribution in [3.63, 3.8) is 0 Å². The van der Waals surface area contributed by atoms with Crippen molar-refractivity contribution in [1.82, 2.24) is 0 Å². The van der Waals surface area contributed by atoms with Crippen LogP contribution in [0.1, 0.15) is 26.2 Å². The Kier molecular flexibility index (Phi) is 7.06. The third-order valence-electron chi connectivity index (χ3n) is 0.898. The number of unbranched alkanes of at least 4 members (excludes halogenated alkanes) is 1. The minimum Gasteiger partial charge on any atom is -0.126 e. The quantitative estimate of drug-likeness (QED) is 0.408. The Bertz CT molecular complexity index is 49.4. The lowest BCUT2D eigenvalue weighted by Gasteiger charge is -1.82. The van der Waals surface area contributed by atoms with E-state index in [-0.39, 0.29) is 0 Å². The zero-order chi connectivity index (χ0) is 6.24. The minimum atomic E-state index is 0.750. The van der Waals surface area contributed by atoms with Gasteiger partial charge in [-0.25, -0.2) is 0 Å². The molecule has 0 amide bonds. The van der Waals surface area contributed by atoms with Gasteiger partial charge in [0.05, 0.1) is 0 Å². The molecule has 0 aliphatic heterocycles. The lowest BCUT2D eigenvalue weighted by atomic mass is 10.3. The summed E-state index contributed by atoms with van der Waals surface area (Å²) in [5.41, 5.74) is 0. The van der Waals surface area contributed by atoms with Gasteiger partial charge in [0, 0.05) is 5.88 Å². The predicted octanol–water partition coefficient (Wildman–Crippen LogP) is 2.97. The Hall–Kier alpha value is 0.0300. The largest absolute Gasteiger partial charge is 0.126 e. The summed E-state index contributed by atoms with van der Waals surface area (Å²) in [5.74, 6) is 0.750. The van der Waals surface area contributed by atoms with E-state index in [1.54, 1.807) is 0 Å². The highest BCUT2D eigenvalue weighted by molar-refractivity contribution is 6.17. The van der Waals surface area contributed by atoms with Gasteiger partial charge in [-0.3, -0.25) is 0 Å². The molecule has 0 aliphatic rings. The molecule has 1 heteroatoms. The Morgan fingerprint density at radius 2 is 1.88 bits per heavy atom. The molecular weight excluding hydrogens is 120 g/mol. The van der Waals surface area contributed by atoms with Gasteiger partial charge in [0.1, 0.15) is 0 Å². The van der Waals surface area contributed by atoms with E-state index in [9.17, 15) is 0 Å². The third kappa shape index (κ3) is 6.03. The van der Waals surface area contributed by atoms with Crippen LogP contribution in [0, 0.1) is 0 Å². The Morgan fingerprint density at radius 3 is 2.38 bits per heavy atom. The first-order chi connectivity index (χ1) is 3.91. The Morgan fingerprint density at radius 1 is 1.25 bits per heavy atom. The molecule has 0 aromatic rings. The predicted molar refractivity (Wildman–Crippen MR) is 39.4 cm³/mol. The molecule has 48 valence electrons. The maximum Gasteiger partial charge on any atom is 0.0257 e. The van der Waals surface area contributed by atoms with Gasteiger partial charge in [0.25, 0.3) is 0 Å². The summed E-state index contributed by atoms with van der Waals surface area (Å²) >= 11 is 5.43. The summed E-state index contributed by atoms with van der Waals surface area (Å²) in [5, 5.41) is 0. The van der Waals surface area contributed by atoms with E-state index in [0.29, 0.717) is 0 Å². The van der Waals surface area contributed by atoms with Gasteiger partial charge < -0.3 is 0 Å². The maximum atomic E-state index is 5.43. The topological polar surface area (TPSA) is 0 Å². The van der Waals surface area contributed by atoms with Gasteiger partial charge in [-0.05, 0) is 12.8 Å². The molecule has 0 rings (SSSR count). The molecule has 0 atom stereocenters. The number of rotatable bonds is 4. The molecule has 0 aromatic heterocycles. The van der Waals surface area contributed by atoms with Crippen LogP contribution < -0.4 is 0 Å². The van der Waals surface area contributed by atoms with Crippen LogP contribution in [0.5, 0.6) is 0 Å². The first kappa shape index (κ1) is 8.03. The number of allylic oxidation sites excluding steroid dienone is 2. The summed E-state index contributed by atoms with van der Waals surface area (Å²) in [6.45, 7) is 2.17. The molecule has 0 saturated heterocycles. The highest BCUT2D eigenvalue weighted by atomic mass is 35.5. The van der Waals surface area contributed by atoms with Crippen LogP contribution >= 0.6 is 11.6 Å². The van der Waals surface area contributed by atoms with Crippen molar-refractivity contribution in [3.8, 4) is 0 Å². The minimum absolute atomic E-state index is 0.750. The van der Waals surface area contributed by atoms with Crippen molar-refractivity contribution in [2.24, 2.45) is 0 Å². The molecule has 0 heterocycles. The fourth-order valence-electron chi connectivity index (χ4n) is 0.465. The van der Waals surface area contributed by atoms with Gasteiger partial charge >= 0.3 is 0 Å². The Labute approximate surface area is 56.5 Å². The summed E-state index contributed by atoms with van der Waals surface area (Å²) in [6.07, 6.45) is 7.76. The molecule has 0 fully saturated rings. The summed E-state index contributed by atoms with van der Waals surface area (Å²) < 4.78 is 0. The lowest BCUT2D eigenvalue weighted by Crippen LogP contribution is -1.66. The standard InChI is InChI=1S/C7H13Cl/c1-2-3-4-5-6-7-8/h4-5H,2-3,6-7H2,1H3. The van der Waals surface area contributed by atoms with Crippen molar-refractivity contribution in [2.75, 3.05) is 5.88 Å². The lowest BCUT2D eigenvalue weighted by molar-refractivity contribution is 0.952. The average Bonchev–Trinajstić information content (AvgIpc) is 1.81. The highest BCUT2D eigenvalue weighted by Crippen LogP contribution is 1.91. The van der Waals surface area contributed by atoms with Gasteiger partial charge in [-0.1, -0.05) is 25.5 Å². The molecule has 0 nitrogen and oxygen atoms in total. The van der Waals surface area contributed by atoms with Crippen molar-refractivity contribution in [2.45, 2.75) is 26.2 Å². The molecule has 8 heavy (non-hydrogen) atoms. The van der Waals surface area contributed by atoms with Crippen LogP contribution in [0.4, 0.5) is 0 Å². The van der Waals surface area contributed by atoms with Crippen LogP contribution in [0.2, 0.25) is 0 Å². The van der Waals surface area contributed by atoms with E-state index in [1.165, 1.54) is 12.8 Å². The van der Waals surface area contributed by atoms with Gasteiger partial charge in [-0.2, -0.15) is 0 Å². The van der Waals surface area contributed by atoms with Gasteiger partial charge in [-0.15, -0.1) is 11.6 Å². The fourth-order valence-corrected chi connectivity index (χ4v) is 0.591. The molecule has 0 bridgehead atoms. The van der Waals surface area contributed by atoms with E-state index in [2.05, 4.69) is 19.1 Å². The molecule has 0 N–H and O–H groups in total. The SMILES string of the molecule is CCCC=CCCCl. The molecule has 0 aliphatic carbocycles.